The van der Waals surface area contributed by atoms with Crippen LogP contribution in [-0.4, -0.2) is 14.5 Å². The highest BCUT2D eigenvalue weighted by molar-refractivity contribution is 5.74. The van der Waals surface area contributed by atoms with Crippen molar-refractivity contribution in [3.8, 4) is 0 Å². The molecule has 2 aromatic heterocycles. The third kappa shape index (κ3) is 1.82. The number of hydrogen-bond donors (Lipinski definition) is 1. The summed E-state index contributed by atoms with van der Waals surface area (Å²) in [6, 6.07) is 9.83. The van der Waals surface area contributed by atoms with Gasteiger partial charge in [0.15, 0.2) is 0 Å². The summed E-state index contributed by atoms with van der Waals surface area (Å²) in [6.45, 7) is 0. The van der Waals surface area contributed by atoms with Crippen molar-refractivity contribution in [2.24, 2.45) is 7.05 Å². The zero-order valence-electron chi connectivity index (χ0n) is 10.2. The second kappa shape index (κ2) is 4.14. The molecular weight excluding hydrogens is 224 g/mol. The summed E-state index contributed by atoms with van der Waals surface area (Å²) < 4.78 is 2.08. The molecule has 3 aromatic rings. The smallest absolute Gasteiger partial charge is 0.114 e. The van der Waals surface area contributed by atoms with E-state index < -0.39 is 0 Å². The van der Waals surface area contributed by atoms with E-state index in [1.165, 1.54) is 5.56 Å². The molecule has 0 unspecified atom stereocenters. The molecule has 3 rings (SSSR count). The lowest BCUT2D eigenvalue weighted by molar-refractivity contribution is 0.843. The van der Waals surface area contributed by atoms with Crippen LogP contribution in [0.3, 0.4) is 0 Å². The third-order valence-electron chi connectivity index (χ3n) is 3.12. The molecule has 2 N–H and O–H groups in total. The number of pyridine rings is 1. The van der Waals surface area contributed by atoms with Crippen molar-refractivity contribution in [1.82, 2.24) is 14.5 Å². The van der Waals surface area contributed by atoms with Crippen LogP contribution in [-0.2, 0) is 13.5 Å². The largest absolute Gasteiger partial charge is 0.399 e. The molecular formula is C14H14N4. The van der Waals surface area contributed by atoms with Gasteiger partial charge >= 0.3 is 0 Å². The Hall–Kier alpha value is -2.36. The highest BCUT2D eigenvalue weighted by Crippen LogP contribution is 2.16. The quantitative estimate of drug-likeness (QED) is 0.696. The number of rotatable bonds is 2. The Kier molecular flexibility index (Phi) is 2.48. The Morgan fingerprint density at radius 1 is 1.17 bits per heavy atom. The van der Waals surface area contributed by atoms with E-state index in [0.717, 1.165) is 29.0 Å². The van der Waals surface area contributed by atoms with Crippen LogP contribution in [0.4, 0.5) is 5.69 Å². The van der Waals surface area contributed by atoms with Crippen molar-refractivity contribution in [2.45, 2.75) is 6.42 Å². The van der Waals surface area contributed by atoms with Crippen LogP contribution in [0.25, 0.3) is 11.0 Å². The summed E-state index contributed by atoms with van der Waals surface area (Å²) in [7, 11) is 2.02. The summed E-state index contributed by atoms with van der Waals surface area (Å²) in [5.74, 6) is 1.03. The van der Waals surface area contributed by atoms with Crippen molar-refractivity contribution >= 4 is 16.7 Å². The van der Waals surface area contributed by atoms with Crippen molar-refractivity contribution in [1.29, 1.82) is 0 Å². The number of nitrogens with zero attached hydrogens (tertiary/aromatic N) is 3. The van der Waals surface area contributed by atoms with Crippen LogP contribution in [0.5, 0.6) is 0 Å². The van der Waals surface area contributed by atoms with E-state index in [1.807, 2.05) is 43.6 Å². The summed E-state index contributed by atoms with van der Waals surface area (Å²) in [4.78, 5) is 8.75. The average molecular weight is 238 g/mol. The maximum atomic E-state index is 5.68. The molecule has 0 spiro atoms. The lowest BCUT2D eigenvalue weighted by Gasteiger charge is -2.03. The van der Waals surface area contributed by atoms with E-state index in [1.54, 1.807) is 6.20 Å². The van der Waals surface area contributed by atoms with E-state index in [-0.39, 0.29) is 0 Å². The molecule has 0 fully saturated rings. The maximum absolute atomic E-state index is 5.68. The molecule has 18 heavy (non-hydrogen) atoms. The van der Waals surface area contributed by atoms with Gasteiger partial charge in [0.2, 0.25) is 0 Å². The first-order chi connectivity index (χ1) is 8.74. The summed E-state index contributed by atoms with van der Waals surface area (Å²) in [5, 5.41) is 0. The molecule has 0 saturated heterocycles. The first-order valence-corrected chi connectivity index (χ1v) is 5.84. The van der Waals surface area contributed by atoms with Gasteiger partial charge in [0.1, 0.15) is 5.82 Å². The van der Waals surface area contributed by atoms with Crippen LogP contribution in [0.1, 0.15) is 11.4 Å². The zero-order chi connectivity index (χ0) is 12.5. The van der Waals surface area contributed by atoms with Crippen molar-refractivity contribution < 1.29 is 0 Å². The lowest BCUT2D eigenvalue weighted by atomic mass is 10.1. The molecule has 2 heterocycles. The fraction of sp³-hybridized carbons (Fsp3) is 0.143. The van der Waals surface area contributed by atoms with Gasteiger partial charge in [-0.25, -0.2) is 4.98 Å². The van der Waals surface area contributed by atoms with Gasteiger partial charge < -0.3 is 10.3 Å². The molecule has 0 aliphatic heterocycles. The number of benzene rings is 1. The van der Waals surface area contributed by atoms with Gasteiger partial charge in [-0.05, 0) is 23.8 Å². The van der Waals surface area contributed by atoms with Crippen molar-refractivity contribution in [2.75, 3.05) is 5.73 Å². The first-order valence-electron chi connectivity index (χ1n) is 5.84. The van der Waals surface area contributed by atoms with E-state index in [2.05, 4.69) is 14.5 Å². The number of anilines is 1. The fourth-order valence-corrected chi connectivity index (χ4v) is 2.06. The summed E-state index contributed by atoms with van der Waals surface area (Å²) in [5.41, 5.74) is 9.71. The Morgan fingerprint density at radius 2 is 1.94 bits per heavy atom. The number of imidazole rings is 1. The Labute approximate surface area is 105 Å². The number of nitrogens with two attached hydrogens (primary N) is 1. The average Bonchev–Trinajstić information content (AvgIpc) is 2.70. The predicted octanol–water partition coefficient (Wildman–Crippen LogP) is 2.14. The van der Waals surface area contributed by atoms with E-state index in [0.29, 0.717) is 0 Å². The molecule has 4 heteroatoms. The minimum Gasteiger partial charge on any atom is -0.399 e. The van der Waals surface area contributed by atoms with Crippen LogP contribution >= 0.6 is 0 Å². The molecule has 0 bridgehead atoms. The van der Waals surface area contributed by atoms with E-state index in [9.17, 15) is 0 Å². The van der Waals surface area contributed by atoms with Gasteiger partial charge in [0.05, 0.1) is 17.2 Å². The van der Waals surface area contributed by atoms with Gasteiger partial charge in [-0.1, -0.05) is 12.1 Å². The molecule has 0 atom stereocenters. The van der Waals surface area contributed by atoms with Gasteiger partial charge in [0, 0.05) is 25.4 Å². The minimum atomic E-state index is 0.785. The van der Waals surface area contributed by atoms with E-state index in [4.69, 9.17) is 5.73 Å². The van der Waals surface area contributed by atoms with Crippen LogP contribution in [0.15, 0.2) is 42.7 Å². The normalized spacial score (nSPS) is 10.9. The summed E-state index contributed by atoms with van der Waals surface area (Å²) in [6.07, 6.45) is 4.41. The molecule has 0 radical (unpaired) electrons. The number of aromatic nitrogens is 3. The van der Waals surface area contributed by atoms with Crippen LogP contribution in [0.2, 0.25) is 0 Å². The minimum absolute atomic E-state index is 0.785. The number of nitrogen functional groups attached to an aromatic ring is 1. The van der Waals surface area contributed by atoms with Gasteiger partial charge in [-0.3, -0.25) is 4.98 Å². The second-order valence-electron chi connectivity index (χ2n) is 4.37. The van der Waals surface area contributed by atoms with Gasteiger partial charge in [0.25, 0.3) is 0 Å². The SMILES string of the molecule is Cn1c(Cc2ccc(N)cc2)nc2ccncc21. The predicted molar refractivity (Wildman–Crippen MR) is 72.2 cm³/mol. The highest BCUT2D eigenvalue weighted by atomic mass is 15.1. The number of fused-ring (bicyclic) bond motifs is 1. The third-order valence-corrected chi connectivity index (χ3v) is 3.12. The Balaban J connectivity index is 1.99. The molecule has 0 saturated carbocycles. The molecule has 0 amide bonds. The molecule has 1 aromatic carbocycles. The van der Waals surface area contributed by atoms with E-state index >= 15 is 0 Å². The Morgan fingerprint density at radius 3 is 2.67 bits per heavy atom. The fourth-order valence-electron chi connectivity index (χ4n) is 2.06. The monoisotopic (exact) mass is 238 g/mol. The summed E-state index contributed by atoms with van der Waals surface area (Å²) >= 11 is 0. The van der Waals surface area contributed by atoms with Gasteiger partial charge in [-0.15, -0.1) is 0 Å². The van der Waals surface area contributed by atoms with Crippen LogP contribution in [0, 0.1) is 0 Å². The molecule has 4 nitrogen and oxygen atoms in total. The van der Waals surface area contributed by atoms with Crippen molar-refractivity contribution in [3.05, 3.63) is 54.1 Å². The Bertz CT molecular complexity index is 683. The number of aryl methyl sites for hydroxylation is 1. The van der Waals surface area contributed by atoms with Crippen molar-refractivity contribution in [3.63, 3.8) is 0 Å². The zero-order valence-corrected chi connectivity index (χ0v) is 10.2. The lowest BCUT2D eigenvalue weighted by Crippen LogP contribution is -1.99. The first kappa shape index (κ1) is 10.8. The number of hydrogen-bond acceptors (Lipinski definition) is 3. The second-order valence-corrected chi connectivity index (χ2v) is 4.37. The standard InChI is InChI=1S/C14H14N4/c1-18-13-9-16-7-6-12(13)17-14(18)8-10-2-4-11(15)5-3-10/h2-7,9H,8,15H2,1H3. The topological polar surface area (TPSA) is 56.7 Å². The highest BCUT2D eigenvalue weighted by Gasteiger charge is 2.07. The van der Waals surface area contributed by atoms with Crippen LogP contribution < -0.4 is 5.73 Å². The maximum Gasteiger partial charge on any atom is 0.114 e. The molecule has 0 aliphatic rings. The molecule has 90 valence electrons. The molecule has 0 aliphatic carbocycles. The van der Waals surface area contributed by atoms with Gasteiger partial charge in [-0.2, -0.15) is 0 Å².